The topological polar surface area (TPSA) is 111 Å². The molecule has 0 aromatic heterocycles. The number of rotatable bonds is 8. The number of hydrogen-bond donors (Lipinski definition) is 2. The summed E-state index contributed by atoms with van der Waals surface area (Å²) in [4.78, 5) is 24.3. The molecule has 8 nitrogen and oxygen atoms in total. The van der Waals surface area contributed by atoms with Crippen LogP contribution in [-0.4, -0.2) is 26.9 Å². The summed E-state index contributed by atoms with van der Waals surface area (Å²) < 4.78 is 38.4. The molecule has 1 amide bonds. The number of amides is 1. The number of fused-ring (bicyclic) bond motifs is 1. The van der Waals surface area contributed by atoms with Crippen molar-refractivity contribution in [2.75, 3.05) is 6.79 Å². The zero-order valence-corrected chi connectivity index (χ0v) is 20.4. The van der Waals surface area contributed by atoms with Gasteiger partial charge in [0.15, 0.2) is 17.3 Å². The Hall–Kier alpha value is -3.69. The highest BCUT2D eigenvalue weighted by atomic mass is 32.2. The van der Waals surface area contributed by atoms with Crippen molar-refractivity contribution < 1.29 is 27.5 Å². The van der Waals surface area contributed by atoms with Crippen LogP contribution in [0.4, 0.5) is 0 Å². The first-order chi connectivity index (χ1) is 16.5. The van der Waals surface area contributed by atoms with Gasteiger partial charge in [-0.1, -0.05) is 30.3 Å². The Morgan fingerprint density at radius 2 is 1.51 bits per heavy atom. The second-order valence-electron chi connectivity index (χ2n) is 8.75. The van der Waals surface area contributed by atoms with Crippen LogP contribution in [0.2, 0.25) is 0 Å². The lowest BCUT2D eigenvalue weighted by molar-refractivity contribution is 0.0911. The van der Waals surface area contributed by atoms with E-state index in [1.165, 1.54) is 31.2 Å². The van der Waals surface area contributed by atoms with Gasteiger partial charge in [0, 0.05) is 17.7 Å². The van der Waals surface area contributed by atoms with Crippen LogP contribution in [0.3, 0.4) is 0 Å². The molecule has 9 heteroatoms. The van der Waals surface area contributed by atoms with Gasteiger partial charge in [-0.05, 0) is 68.3 Å². The minimum Gasteiger partial charge on any atom is -0.454 e. The van der Waals surface area contributed by atoms with Gasteiger partial charge in [-0.3, -0.25) is 9.59 Å². The van der Waals surface area contributed by atoms with Crippen molar-refractivity contribution in [3.05, 3.63) is 89.0 Å². The highest BCUT2D eigenvalue weighted by Gasteiger charge is 2.26. The van der Waals surface area contributed by atoms with E-state index in [4.69, 9.17) is 9.47 Å². The molecule has 0 fully saturated rings. The monoisotopic (exact) mass is 494 g/mol. The van der Waals surface area contributed by atoms with Crippen molar-refractivity contribution in [2.24, 2.45) is 0 Å². The van der Waals surface area contributed by atoms with Gasteiger partial charge in [-0.2, -0.15) is 0 Å². The predicted octanol–water partition coefficient (Wildman–Crippen LogP) is 3.76. The number of ether oxygens (including phenoxy) is 2. The van der Waals surface area contributed by atoms with Crippen LogP contribution in [0.25, 0.3) is 0 Å². The van der Waals surface area contributed by atoms with Crippen LogP contribution in [0.15, 0.2) is 71.6 Å². The molecule has 0 saturated heterocycles. The largest absolute Gasteiger partial charge is 0.454 e. The molecule has 35 heavy (non-hydrogen) atoms. The van der Waals surface area contributed by atoms with Crippen molar-refractivity contribution in [3.63, 3.8) is 0 Å². The van der Waals surface area contributed by atoms with Crippen LogP contribution < -0.4 is 19.5 Å². The summed E-state index contributed by atoms with van der Waals surface area (Å²) in [5, 5.41) is 3.02. The molecule has 1 heterocycles. The predicted molar refractivity (Wildman–Crippen MR) is 130 cm³/mol. The maximum Gasteiger partial charge on any atom is 0.251 e. The van der Waals surface area contributed by atoms with E-state index in [1.807, 2.05) is 32.0 Å². The normalized spacial score (nSPS) is 12.9. The summed E-state index contributed by atoms with van der Waals surface area (Å²) in [6, 6.07) is 18.0. The molecule has 1 aliphatic rings. The Bertz CT molecular complexity index is 1360. The molecule has 0 radical (unpaired) electrons. The van der Waals surface area contributed by atoms with E-state index >= 15 is 0 Å². The van der Waals surface area contributed by atoms with Crippen LogP contribution in [-0.2, 0) is 22.1 Å². The van der Waals surface area contributed by atoms with Gasteiger partial charge in [0.25, 0.3) is 5.91 Å². The Balaban J connectivity index is 1.38. The van der Waals surface area contributed by atoms with Gasteiger partial charge in [0.2, 0.25) is 16.8 Å². The summed E-state index contributed by atoms with van der Waals surface area (Å²) in [5.41, 5.74) is 1.80. The van der Waals surface area contributed by atoms with Crippen molar-refractivity contribution in [1.82, 2.24) is 10.0 Å². The first kappa shape index (κ1) is 24.4. The maximum absolute atomic E-state index is 12.9. The molecule has 4 rings (SSSR count). The molecule has 182 valence electrons. The number of carbonyl (C=O) groups is 2. The zero-order valence-electron chi connectivity index (χ0n) is 19.6. The Morgan fingerprint density at radius 3 is 2.17 bits per heavy atom. The van der Waals surface area contributed by atoms with Gasteiger partial charge < -0.3 is 14.8 Å². The fraction of sp³-hybridized carbons (Fsp3) is 0.231. The third-order valence-electron chi connectivity index (χ3n) is 5.77. The number of benzene rings is 3. The first-order valence-electron chi connectivity index (χ1n) is 11.0. The van der Waals surface area contributed by atoms with E-state index in [0.717, 1.165) is 5.56 Å². The first-order valence-corrected chi connectivity index (χ1v) is 12.5. The minimum absolute atomic E-state index is 0.0569. The fourth-order valence-corrected chi connectivity index (χ4v) is 4.64. The quantitative estimate of drug-likeness (QED) is 0.462. The molecular formula is C26H26N2O6S. The third kappa shape index (κ3) is 5.52. The molecule has 2 N–H and O–H groups in total. The van der Waals surface area contributed by atoms with Gasteiger partial charge >= 0.3 is 0 Å². The molecular weight excluding hydrogens is 468 g/mol. The van der Waals surface area contributed by atoms with E-state index in [-0.39, 0.29) is 29.9 Å². The Morgan fingerprint density at radius 1 is 0.886 bits per heavy atom. The van der Waals surface area contributed by atoms with Crippen LogP contribution in [0.1, 0.15) is 52.6 Å². The third-order valence-corrected chi connectivity index (χ3v) is 7.19. The van der Waals surface area contributed by atoms with E-state index in [9.17, 15) is 18.0 Å². The van der Waals surface area contributed by atoms with Crippen molar-refractivity contribution in [2.45, 2.75) is 37.8 Å². The summed E-state index contributed by atoms with van der Waals surface area (Å²) in [6.45, 7) is 5.45. The van der Waals surface area contributed by atoms with Crippen molar-refractivity contribution in [1.29, 1.82) is 0 Å². The molecule has 3 aromatic carbocycles. The Kier molecular flexibility index (Phi) is 6.64. The average molecular weight is 495 g/mol. The minimum atomic E-state index is -3.75. The molecule has 0 aliphatic carbocycles. The lowest BCUT2D eigenvalue weighted by Gasteiger charge is -2.27. The van der Waals surface area contributed by atoms with E-state index in [1.54, 1.807) is 24.3 Å². The van der Waals surface area contributed by atoms with Crippen LogP contribution >= 0.6 is 0 Å². The SMILES string of the molecule is CC(=O)c1ccc(S(=O)(=O)NCc2ccc(C(=O)NC(C)(C)c3ccc4c(c3)OCO4)cc2)cc1. The lowest BCUT2D eigenvalue weighted by atomic mass is 9.93. The summed E-state index contributed by atoms with van der Waals surface area (Å²) in [5.74, 6) is 0.928. The van der Waals surface area contributed by atoms with Gasteiger partial charge in [0.05, 0.1) is 10.4 Å². The molecule has 0 spiro atoms. The second-order valence-corrected chi connectivity index (χ2v) is 10.5. The number of Topliss-reactive ketones (excluding diaryl/α,β-unsaturated/α-hetero) is 1. The number of carbonyl (C=O) groups excluding carboxylic acids is 2. The van der Waals surface area contributed by atoms with E-state index < -0.39 is 15.6 Å². The van der Waals surface area contributed by atoms with Crippen LogP contribution in [0.5, 0.6) is 11.5 Å². The van der Waals surface area contributed by atoms with E-state index in [0.29, 0.717) is 28.2 Å². The second kappa shape index (κ2) is 9.52. The summed E-state index contributed by atoms with van der Waals surface area (Å²) in [7, 11) is -3.75. The standard InChI is InChI=1S/C26H26N2O6S/c1-17(29)19-8-11-22(12-9-19)35(31,32)27-15-18-4-6-20(7-5-18)25(30)28-26(2,3)21-10-13-23-24(14-21)34-16-33-23/h4-14,27H,15-16H2,1-3H3,(H,28,30). The van der Waals surface area contributed by atoms with Crippen molar-refractivity contribution >= 4 is 21.7 Å². The molecule has 0 atom stereocenters. The highest BCUT2D eigenvalue weighted by molar-refractivity contribution is 7.89. The number of ketones is 1. The van der Waals surface area contributed by atoms with Crippen molar-refractivity contribution in [3.8, 4) is 11.5 Å². The zero-order chi connectivity index (χ0) is 25.2. The molecule has 1 aliphatic heterocycles. The van der Waals surface area contributed by atoms with Gasteiger partial charge in [-0.25, -0.2) is 13.1 Å². The average Bonchev–Trinajstić information content (AvgIpc) is 3.31. The molecule has 3 aromatic rings. The smallest absolute Gasteiger partial charge is 0.251 e. The summed E-state index contributed by atoms with van der Waals surface area (Å²) in [6.07, 6.45) is 0. The Labute approximate surface area is 204 Å². The van der Waals surface area contributed by atoms with Crippen LogP contribution in [0, 0.1) is 0 Å². The fourth-order valence-electron chi connectivity index (χ4n) is 3.62. The maximum atomic E-state index is 12.9. The van der Waals surface area contributed by atoms with Gasteiger partial charge in [-0.15, -0.1) is 0 Å². The summed E-state index contributed by atoms with van der Waals surface area (Å²) >= 11 is 0. The van der Waals surface area contributed by atoms with Gasteiger partial charge in [0.1, 0.15) is 0 Å². The molecule has 0 unspecified atom stereocenters. The number of hydrogen-bond acceptors (Lipinski definition) is 6. The molecule has 0 bridgehead atoms. The lowest BCUT2D eigenvalue weighted by Crippen LogP contribution is -2.41. The number of sulfonamides is 1. The molecule has 0 saturated carbocycles. The number of nitrogens with one attached hydrogen (secondary N) is 2. The highest BCUT2D eigenvalue weighted by Crippen LogP contribution is 2.35. The van der Waals surface area contributed by atoms with E-state index in [2.05, 4.69) is 10.0 Å².